The third-order valence-corrected chi connectivity index (χ3v) is 7.15. The van der Waals surface area contributed by atoms with Gasteiger partial charge in [0.25, 0.3) is 0 Å². The zero-order chi connectivity index (χ0) is 16.1. The van der Waals surface area contributed by atoms with Gasteiger partial charge in [-0.3, -0.25) is 0 Å². The summed E-state index contributed by atoms with van der Waals surface area (Å²) >= 11 is 0. The van der Waals surface area contributed by atoms with Gasteiger partial charge in [0.1, 0.15) is 12.1 Å². The Labute approximate surface area is 136 Å². The number of fused-ring (bicyclic) bond motifs is 1. The topological polar surface area (TPSA) is 63.2 Å². The minimum atomic E-state index is -2.87. The second-order valence-electron chi connectivity index (χ2n) is 7.04. The Hall–Kier alpha value is -1.69. The number of para-hydroxylation sites is 1. The predicted octanol–water partition coefficient (Wildman–Crippen LogP) is 2.34. The monoisotopic (exact) mass is 331 g/mol. The Balaban J connectivity index is 1.73. The highest BCUT2D eigenvalue weighted by molar-refractivity contribution is 7.91. The van der Waals surface area contributed by atoms with Crippen LogP contribution in [0.15, 0.2) is 24.5 Å². The standard InChI is InChI=1S/C17H21N3O2S/c1-13-4-2-5-14-15(13)18-12-19-16(14)20-8-3-6-17(10-20)7-9-23(21,22)11-17/h2,4-5,12H,3,6-11H2,1H3. The molecule has 23 heavy (non-hydrogen) atoms. The van der Waals surface area contributed by atoms with Crippen LogP contribution in [0.25, 0.3) is 10.9 Å². The smallest absolute Gasteiger partial charge is 0.150 e. The van der Waals surface area contributed by atoms with Gasteiger partial charge >= 0.3 is 0 Å². The van der Waals surface area contributed by atoms with E-state index < -0.39 is 9.84 Å². The number of sulfone groups is 1. The first kappa shape index (κ1) is 14.9. The Kier molecular flexibility index (Phi) is 3.34. The molecule has 0 amide bonds. The second kappa shape index (κ2) is 5.16. The number of hydrogen-bond acceptors (Lipinski definition) is 5. The van der Waals surface area contributed by atoms with Gasteiger partial charge in [0, 0.05) is 23.9 Å². The number of anilines is 1. The van der Waals surface area contributed by atoms with Gasteiger partial charge in [0.15, 0.2) is 9.84 Å². The minimum Gasteiger partial charge on any atom is -0.355 e. The van der Waals surface area contributed by atoms with Crippen LogP contribution in [0, 0.1) is 12.3 Å². The highest BCUT2D eigenvalue weighted by Gasteiger charge is 2.45. The van der Waals surface area contributed by atoms with Gasteiger partial charge in [-0.1, -0.05) is 12.1 Å². The lowest BCUT2D eigenvalue weighted by molar-refractivity contribution is 0.269. The molecule has 0 radical (unpaired) electrons. The first-order valence-corrected chi connectivity index (χ1v) is 9.96. The van der Waals surface area contributed by atoms with Crippen LogP contribution in [-0.2, 0) is 9.84 Å². The number of aromatic nitrogens is 2. The van der Waals surface area contributed by atoms with Gasteiger partial charge in [0.2, 0.25) is 0 Å². The number of aryl methyl sites for hydroxylation is 1. The van der Waals surface area contributed by atoms with Crippen LogP contribution in [0.5, 0.6) is 0 Å². The number of benzene rings is 1. The lowest BCUT2D eigenvalue weighted by Gasteiger charge is -2.40. The Morgan fingerprint density at radius 1 is 1.22 bits per heavy atom. The molecule has 2 aliphatic rings. The van der Waals surface area contributed by atoms with Crippen molar-refractivity contribution in [1.82, 2.24) is 9.97 Å². The molecule has 2 aliphatic heterocycles. The molecular weight excluding hydrogens is 310 g/mol. The van der Waals surface area contributed by atoms with Crippen molar-refractivity contribution in [2.75, 3.05) is 29.5 Å². The van der Waals surface area contributed by atoms with Crippen molar-refractivity contribution in [1.29, 1.82) is 0 Å². The van der Waals surface area contributed by atoms with E-state index in [1.807, 2.05) is 6.07 Å². The molecule has 2 saturated heterocycles. The zero-order valence-corrected chi connectivity index (χ0v) is 14.1. The molecule has 2 fully saturated rings. The number of rotatable bonds is 1. The van der Waals surface area contributed by atoms with Crippen LogP contribution >= 0.6 is 0 Å². The summed E-state index contributed by atoms with van der Waals surface area (Å²) in [6.07, 6.45) is 4.43. The van der Waals surface area contributed by atoms with Crippen LogP contribution in [0.4, 0.5) is 5.82 Å². The molecule has 0 bridgehead atoms. The molecule has 0 saturated carbocycles. The molecule has 6 heteroatoms. The van der Waals surface area contributed by atoms with Crippen molar-refractivity contribution in [3.05, 3.63) is 30.1 Å². The van der Waals surface area contributed by atoms with Crippen molar-refractivity contribution in [2.24, 2.45) is 5.41 Å². The van der Waals surface area contributed by atoms with Crippen LogP contribution in [0.3, 0.4) is 0 Å². The molecule has 5 nitrogen and oxygen atoms in total. The van der Waals surface area contributed by atoms with Gasteiger partial charge in [-0.05, 0) is 37.8 Å². The predicted molar refractivity (Wildman–Crippen MR) is 91.4 cm³/mol. The fourth-order valence-corrected chi connectivity index (χ4v) is 6.37. The number of piperidine rings is 1. The van der Waals surface area contributed by atoms with Crippen LogP contribution in [-0.4, -0.2) is 43.0 Å². The number of hydrogen-bond donors (Lipinski definition) is 0. The molecule has 1 atom stereocenters. The molecule has 4 rings (SSSR count). The maximum absolute atomic E-state index is 12.0. The molecule has 1 aromatic heterocycles. The highest BCUT2D eigenvalue weighted by atomic mass is 32.2. The van der Waals surface area contributed by atoms with Crippen LogP contribution in [0.2, 0.25) is 0 Å². The second-order valence-corrected chi connectivity index (χ2v) is 9.22. The highest BCUT2D eigenvalue weighted by Crippen LogP contribution is 2.42. The quantitative estimate of drug-likeness (QED) is 0.802. The molecule has 1 spiro atoms. The molecule has 3 heterocycles. The minimum absolute atomic E-state index is 0.0851. The number of nitrogens with zero attached hydrogens (tertiary/aromatic N) is 3. The fraction of sp³-hybridized carbons (Fsp3) is 0.529. The normalized spacial score (nSPS) is 26.9. The summed E-state index contributed by atoms with van der Waals surface area (Å²) < 4.78 is 23.9. The summed E-state index contributed by atoms with van der Waals surface area (Å²) in [5.74, 6) is 1.62. The Bertz CT molecular complexity index is 865. The first-order valence-electron chi connectivity index (χ1n) is 8.14. The Morgan fingerprint density at radius 2 is 2.09 bits per heavy atom. The van der Waals surface area contributed by atoms with Crippen molar-refractivity contribution >= 4 is 26.6 Å². The average Bonchev–Trinajstić information content (AvgIpc) is 2.82. The van der Waals surface area contributed by atoms with E-state index in [1.165, 1.54) is 0 Å². The van der Waals surface area contributed by atoms with Crippen molar-refractivity contribution < 1.29 is 8.42 Å². The van der Waals surface area contributed by atoms with E-state index in [4.69, 9.17) is 0 Å². The molecule has 1 unspecified atom stereocenters. The third-order valence-electron chi connectivity index (χ3n) is 5.28. The molecule has 2 aromatic rings. The summed E-state index contributed by atoms with van der Waals surface area (Å²) in [6, 6.07) is 6.15. The first-order chi connectivity index (χ1) is 11.0. The average molecular weight is 331 g/mol. The van der Waals surface area contributed by atoms with E-state index >= 15 is 0 Å². The summed E-state index contributed by atoms with van der Waals surface area (Å²) in [6.45, 7) is 3.77. The SMILES string of the molecule is Cc1cccc2c(N3CCCC4(CCS(=O)(=O)C4)C3)ncnc12. The summed E-state index contributed by atoms with van der Waals surface area (Å²) in [5, 5.41) is 1.06. The van der Waals surface area contributed by atoms with Gasteiger partial charge < -0.3 is 4.90 Å². The maximum atomic E-state index is 12.0. The fourth-order valence-electron chi connectivity index (χ4n) is 4.17. The summed E-state index contributed by atoms with van der Waals surface area (Å²) in [4.78, 5) is 11.2. The Morgan fingerprint density at radius 3 is 2.87 bits per heavy atom. The molecular formula is C17H21N3O2S. The lowest BCUT2D eigenvalue weighted by Crippen LogP contribution is -2.44. The molecule has 0 aliphatic carbocycles. The lowest BCUT2D eigenvalue weighted by atomic mass is 9.79. The summed E-state index contributed by atoms with van der Waals surface area (Å²) in [5.41, 5.74) is 2.04. The van der Waals surface area contributed by atoms with Crippen molar-refractivity contribution in [3.63, 3.8) is 0 Å². The van der Waals surface area contributed by atoms with E-state index in [1.54, 1.807) is 6.33 Å². The van der Waals surface area contributed by atoms with E-state index in [2.05, 4.69) is 33.9 Å². The van der Waals surface area contributed by atoms with Gasteiger partial charge in [-0.25, -0.2) is 18.4 Å². The summed E-state index contributed by atoms with van der Waals surface area (Å²) in [7, 11) is -2.87. The van der Waals surface area contributed by atoms with Crippen molar-refractivity contribution in [2.45, 2.75) is 26.2 Å². The molecule has 122 valence electrons. The van der Waals surface area contributed by atoms with Crippen LogP contribution < -0.4 is 4.90 Å². The van der Waals surface area contributed by atoms with E-state index in [-0.39, 0.29) is 5.41 Å². The van der Waals surface area contributed by atoms with Crippen LogP contribution in [0.1, 0.15) is 24.8 Å². The van der Waals surface area contributed by atoms with E-state index in [0.29, 0.717) is 11.5 Å². The van der Waals surface area contributed by atoms with Crippen molar-refractivity contribution in [3.8, 4) is 0 Å². The zero-order valence-electron chi connectivity index (χ0n) is 13.3. The third kappa shape index (κ3) is 2.59. The van der Waals surface area contributed by atoms with Gasteiger partial charge in [-0.15, -0.1) is 0 Å². The van der Waals surface area contributed by atoms with Gasteiger partial charge in [0.05, 0.1) is 17.0 Å². The van der Waals surface area contributed by atoms with Gasteiger partial charge in [-0.2, -0.15) is 0 Å². The molecule has 1 aromatic carbocycles. The van der Waals surface area contributed by atoms with E-state index in [9.17, 15) is 8.42 Å². The maximum Gasteiger partial charge on any atom is 0.150 e. The molecule has 0 N–H and O–H groups in total. The largest absolute Gasteiger partial charge is 0.355 e. The van der Waals surface area contributed by atoms with E-state index in [0.717, 1.165) is 54.6 Å².